The van der Waals surface area contributed by atoms with E-state index in [2.05, 4.69) is 28.2 Å². The maximum Gasteiger partial charge on any atom is 0.251 e. The Morgan fingerprint density at radius 2 is 2.22 bits per heavy atom. The monoisotopic (exact) mass is 309 g/mol. The van der Waals surface area contributed by atoms with E-state index in [4.69, 9.17) is 0 Å². The van der Waals surface area contributed by atoms with Crippen LogP contribution in [0.15, 0.2) is 22.7 Å². The number of hydrogen-bond donors (Lipinski definition) is 1. The lowest BCUT2D eigenvalue weighted by Crippen LogP contribution is -2.29. The van der Waals surface area contributed by atoms with Crippen LogP contribution >= 0.6 is 15.9 Å². The predicted molar refractivity (Wildman–Crippen MR) is 77.7 cm³/mol. The van der Waals surface area contributed by atoms with Crippen LogP contribution in [0.5, 0.6) is 0 Å². The molecule has 1 amide bonds. The molecule has 2 rings (SSSR count). The zero-order valence-electron chi connectivity index (χ0n) is 11.0. The van der Waals surface area contributed by atoms with Crippen molar-refractivity contribution in [3.05, 3.63) is 33.8 Å². The molecule has 0 aromatic heterocycles. The highest BCUT2D eigenvalue weighted by Crippen LogP contribution is 2.29. The number of halogens is 1. The maximum atomic E-state index is 12.1. The van der Waals surface area contributed by atoms with Crippen LogP contribution in [-0.4, -0.2) is 12.5 Å². The van der Waals surface area contributed by atoms with Crippen LogP contribution in [0.2, 0.25) is 0 Å². The predicted octanol–water partition coefficient (Wildman–Crippen LogP) is 3.92. The summed E-state index contributed by atoms with van der Waals surface area (Å²) in [5.41, 5.74) is 1.78. The number of carbonyl (C=O) groups excluding carboxylic acids is 1. The molecular formula is C15H20BrNO. The van der Waals surface area contributed by atoms with Crippen molar-refractivity contribution in [2.24, 2.45) is 11.8 Å². The fourth-order valence-corrected chi connectivity index (χ4v) is 3.06. The van der Waals surface area contributed by atoms with Gasteiger partial charge in [-0.2, -0.15) is 0 Å². The van der Waals surface area contributed by atoms with E-state index in [9.17, 15) is 4.79 Å². The van der Waals surface area contributed by atoms with E-state index in [1.807, 2.05) is 25.1 Å². The Morgan fingerprint density at radius 3 is 2.89 bits per heavy atom. The summed E-state index contributed by atoms with van der Waals surface area (Å²) in [6.45, 7) is 5.08. The first-order valence-electron chi connectivity index (χ1n) is 6.61. The molecule has 0 saturated heterocycles. The van der Waals surface area contributed by atoms with E-state index in [1.165, 1.54) is 19.3 Å². The molecule has 0 radical (unpaired) electrons. The van der Waals surface area contributed by atoms with Crippen LogP contribution in [0.25, 0.3) is 0 Å². The Bertz CT molecular complexity index is 444. The Morgan fingerprint density at radius 1 is 1.44 bits per heavy atom. The van der Waals surface area contributed by atoms with E-state index in [0.29, 0.717) is 5.92 Å². The molecule has 2 unspecified atom stereocenters. The average Bonchev–Trinajstić information content (AvgIpc) is 2.76. The molecule has 0 bridgehead atoms. The molecule has 1 aliphatic rings. The third kappa shape index (κ3) is 3.14. The minimum Gasteiger partial charge on any atom is -0.352 e. The summed E-state index contributed by atoms with van der Waals surface area (Å²) in [7, 11) is 0. The molecule has 1 N–H and O–H groups in total. The van der Waals surface area contributed by atoms with Crippen LogP contribution in [0.1, 0.15) is 42.1 Å². The molecule has 0 heterocycles. The summed E-state index contributed by atoms with van der Waals surface area (Å²) in [5, 5.41) is 3.07. The molecule has 1 aliphatic carbocycles. The van der Waals surface area contributed by atoms with E-state index >= 15 is 0 Å². The summed E-state index contributed by atoms with van der Waals surface area (Å²) in [6, 6.07) is 5.75. The second-order valence-corrected chi connectivity index (χ2v) is 6.26. The zero-order valence-corrected chi connectivity index (χ0v) is 12.6. The molecule has 18 heavy (non-hydrogen) atoms. The fourth-order valence-electron chi connectivity index (χ4n) is 2.70. The van der Waals surface area contributed by atoms with Crippen molar-refractivity contribution in [3.63, 3.8) is 0 Å². The molecule has 98 valence electrons. The van der Waals surface area contributed by atoms with Gasteiger partial charge in [-0.1, -0.05) is 35.3 Å². The van der Waals surface area contributed by atoms with E-state index in [-0.39, 0.29) is 5.91 Å². The largest absolute Gasteiger partial charge is 0.352 e. The van der Waals surface area contributed by atoms with Gasteiger partial charge in [-0.15, -0.1) is 0 Å². The van der Waals surface area contributed by atoms with Gasteiger partial charge in [-0.25, -0.2) is 0 Å². The van der Waals surface area contributed by atoms with Gasteiger partial charge in [-0.05, 0) is 49.3 Å². The first-order valence-corrected chi connectivity index (χ1v) is 7.40. The molecule has 3 heteroatoms. The third-order valence-electron chi connectivity index (χ3n) is 3.87. The van der Waals surface area contributed by atoms with E-state index < -0.39 is 0 Å². The molecule has 2 atom stereocenters. The SMILES string of the molecule is Cc1c(Br)cccc1C(=O)NCC1CCC(C)C1. The van der Waals surface area contributed by atoms with Gasteiger partial charge >= 0.3 is 0 Å². The quantitative estimate of drug-likeness (QED) is 0.900. The van der Waals surface area contributed by atoms with Crippen LogP contribution in [0.3, 0.4) is 0 Å². The van der Waals surface area contributed by atoms with Gasteiger partial charge in [0.15, 0.2) is 0 Å². The summed E-state index contributed by atoms with van der Waals surface area (Å²) in [5.74, 6) is 1.53. The Kier molecular flexibility index (Phi) is 4.44. The fraction of sp³-hybridized carbons (Fsp3) is 0.533. The number of carbonyl (C=O) groups is 1. The number of nitrogens with one attached hydrogen (secondary N) is 1. The second-order valence-electron chi connectivity index (χ2n) is 5.41. The molecule has 0 spiro atoms. The number of rotatable bonds is 3. The zero-order chi connectivity index (χ0) is 13.1. The highest BCUT2D eigenvalue weighted by Gasteiger charge is 2.22. The minimum atomic E-state index is 0.0494. The van der Waals surface area contributed by atoms with Gasteiger partial charge in [0, 0.05) is 16.6 Å². The van der Waals surface area contributed by atoms with Crippen molar-refractivity contribution in [1.29, 1.82) is 0 Å². The van der Waals surface area contributed by atoms with E-state index in [0.717, 1.165) is 28.1 Å². The number of benzene rings is 1. The normalized spacial score (nSPS) is 23.1. The summed E-state index contributed by atoms with van der Waals surface area (Å²) < 4.78 is 0.990. The molecule has 1 fully saturated rings. The van der Waals surface area contributed by atoms with Crippen molar-refractivity contribution < 1.29 is 4.79 Å². The maximum absolute atomic E-state index is 12.1. The molecule has 2 nitrogen and oxygen atoms in total. The lowest BCUT2D eigenvalue weighted by Gasteiger charge is -2.12. The lowest BCUT2D eigenvalue weighted by molar-refractivity contribution is 0.0946. The smallest absolute Gasteiger partial charge is 0.251 e. The van der Waals surface area contributed by atoms with Gasteiger partial charge in [0.1, 0.15) is 0 Å². The van der Waals surface area contributed by atoms with Gasteiger partial charge in [0.25, 0.3) is 5.91 Å². The molecule has 0 aliphatic heterocycles. The minimum absolute atomic E-state index is 0.0494. The topological polar surface area (TPSA) is 29.1 Å². The first-order chi connectivity index (χ1) is 8.58. The van der Waals surface area contributed by atoms with Crippen LogP contribution in [-0.2, 0) is 0 Å². The highest BCUT2D eigenvalue weighted by molar-refractivity contribution is 9.10. The second kappa shape index (κ2) is 5.87. The van der Waals surface area contributed by atoms with Crippen molar-refractivity contribution >= 4 is 21.8 Å². The molecule has 1 aromatic rings. The van der Waals surface area contributed by atoms with Gasteiger partial charge < -0.3 is 5.32 Å². The van der Waals surface area contributed by atoms with Crippen LogP contribution in [0.4, 0.5) is 0 Å². The van der Waals surface area contributed by atoms with Gasteiger partial charge in [0.05, 0.1) is 0 Å². The molecule has 1 aromatic carbocycles. The Balaban J connectivity index is 1.94. The molecular weight excluding hydrogens is 290 g/mol. The third-order valence-corrected chi connectivity index (χ3v) is 4.73. The summed E-state index contributed by atoms with van der Waals surface area (Å²) in [4.78, 5) is 12.1. The van der Waals surface area contributed by atoms with Crippen LogP contribution in [0, 0.1) is 18.8 Å². The Hall–Kier alpha value is -0.830. The first kappa shape index (κ1) is 13.6. The van der Waals surface area contributed by atoms with Crippen molar-refractivity contribution in [2.75, 3.05) is 6.54 Å². The number of hydrogen-bond acceptors (Lipinski definition) is 1. The Labute approximate surface area is 117 Å². The van der Waals surface area contributed by atoms with Gasteiger partial charge in [-0.3, -0.25) is 4.79 Å². The highest BCUT2D eigenvalue weighted by atomic mass is 79.9. The van der Waals surface area contributed by atoms with E-state index in [1.54, 1.807) is 0 Å². The van der Waals surface area contributed by atoms with Crippen LogP contribution < -0.4 is 5.32 Å². The average molecular weight is 310 g/mol. The standard InChI is InChI=1S/C15H20BrNO/c1-10-6-7-12(8-10)9-17-15(18)13-4-3-5-14(16)11(13)2/h3-5,10,12H,6-9H2,1-2H3,(H,17,18). The van der Waals surface area contributed by atoms with Gasteiger partial charge in [0.2, 0.25) is 0 Å². The van der Waals surface area contributed by atoms with Crippen molar-refractivity contribution in [2.45, 2.75) is 33.1 Å². The lowest BCUT2D eigenvalue weighted by atomic mass is 10.1. The summed E-state index contributed by atoms with van der Waals surface area (Å²) in [6.07, 6.45) is 3.80. The van der Waals surface area contributed by atoms with Crippen molar-refractivity contribution in [3.8, 4) is 0 Å². The van der Waals surface area contributed by atoms with Crippen molar-refractivity contribution in [1.82, 2.24) is 5.32 Å². The molecule has 1 saturated carbocycles. The summed E-state index contributed by atoms with van der Waals surface area (Å²) >= 11 is 3.46. The number of amides is 1.